The molecule has 3 amide bonds. The van der Waals surface area contributed by atoms with Gasteiger partial charge in [0.05, 0.1) is 5.69 Å². The lowest BCUT2D eigenvalue weighted by Gasteiger charge is -2.34. The van der Waals surface area contributed by atoms with E-state index < -0.39 is 6.04 Å². The van der Waals surface area contributed by atoms with Gasteiger partial charge in [0.25, 0.3) is 0 Å². The minimum Gasteiger partial charge on any atom is -0.361 e. The zero-order valence-corrected chi connectivity index (χ0v) is 26.6. The molecule has 3 N–H and O–H groups in total. The van der Waals surface area contributed by atoms with Crippen molar-refractivity contribution in [2.24, 2.45) is 0 Å². The Morgan fingerprint density at radius 2 is 1.77 bits per heavy atom. The van der Waals surface area contributed by atoms with Gasteiger partial charge in [-0.15, -0.1) is 11.8 Å². The number of fused-ring (bicyclic) bond motifs is 1. The van der Waals surface area contributed by atoms with Gasteiger partial charge in [-0.25, -0.2) is 4.79 Å². The highest BCUT2D eigenvalue weighted by molar-refractivity contribution is 7.98. The van der Waals surface area contributed by atoms with E-state index in [1.54, 1.807) is 11.8 Å². The molecule has 0 unspecified atom stereocenters. The van der Waals surface area contributed by atoms with Crippen LogP contribution in [-0.2, 0) is 11.3 Å². The van der Waals surface area contributed by atoms with E-state index in [-0.39, 0.29) is 17.9 Å². The first-order valence-electron chi connectivity index (χ1n) is 15.0. The fourth-order valence-electron chi connectivity index (χ4n) is 6.26. The van der Waals surface area contributed by atoms with Crippen LogP contribution in [0, 0.1) is 6.92 Å². The normalized spacial score (nSPS) is 15.4. The molecule has 1 aliphatic rings. The number of piperidine rings is 1. The number of aromatic amines is 1. The molecule has 1 saturated heterocycles. The molecule has 7 nitrogen and oxygen atoms in total. The zero-order valence-electron chi connectivity index (χ0n) is 25.8. The largest absolute Gasteiger partial charge is 0.361 e. The van der Waals surface area contributed by atoms with Crippen LogP contribution < -0.4 is 10.6 Å². The lowest BCUT2D eigenvalue weighted by atomic mass is 9.87. The van der Waals surface area contributed by atoms with E-state index in [2.05, 4.69) is 63.8 Å². The summed E-state index contributed by atoms with van der Waals surface area (Å²) in [5.41, 5.74) is 6.55. The van der Waals surface area contributed by atoms with Crippen LogP contribution in [-0.4, -0.2) is 66.2 Å². The summed E-state index contributed by atoms with van der Waals surface area (Å²) in [7, 11) is 4.05. The topological polar surface area (TPSA) is 80.5 Å². The summed E-state index contributed by atoms with van der Waals surface area (Å²) in [6, 6.07) is 21.8. The van der Waals surface area contributed by atoms with Crippen LogP contribution in [0.5, 0.6) is 0 Å². The molecule has 2 atom stereocenters. The average molecular weight is 598 g/mol. The summed E-state index contributed by atoms with van der Waals surface area (Å²) >= 11 is 1.59. The average Bonchev–Trinajstić information content (AvgIpc) is 3.44. The predicted octanol–water partition coefficient (Wildman–Crippen LogP) is 6.96. The van der Waals surface area contributed by atoms with Crippen molar-refractivity contribution in [1.29, 1.82) is 0 Å². The molecule has 0 bridgehead atoms. The molecule has 226 valence electrons. The van der Waals surface area contributed by atoms with Gasteiger partial charge in [-0.1, -0.05) is 55.5 Å². The van der Waals surface area contributed by atoms with E-state index in [0.29, 0.717) is 19.0 Å². The monoisotopic (exact) mass is 597 g/mol. The number of carbonyl (C=O) groups is 2. The molecule has 1 aromatic heterocycles. The van der Waals surface area contributed by atoms with Crippen LogP contribution in [0.1, 0.15) is 53.9 Å². The van der Waals surface area contributed by atoms with Gasteiger partial charge >= 0.3 is 6.03 Å². The number of para-hydroxylation sites is 1. The maximum absolute atomic E-state index is 14.1. The van der Waals surface area contributed by atoms with Crippen LogP contribution >= 0.6 is 11.8 Å². The van der Waals surface area contributed by atoms with E-state index >= 15 is 0 Å². The number of rotatable bonds is 9. The Kier molecular flexibility index (Phi) is 9.78. The third kappa shape index (κ3) is 7.08. The van der Waals surface area contributed by atoms with Gasteiger partial charge in [-0.05, 0) is 86.5 Å². The number of benzene rings is 3. The summed E-state index contributed by atoms with van der Waals surface area (Å²) in [6.45, 7) is 6.25. The Morgan fingerprint density at radius 1 is 1.05 bits per heavy atom. The fraction of sp³-hybridized carbons (Fsp3) is 0.371. The number of hydrogen-bond acceptors (Lipinski definition) is 4. The molecule has 43 heavy (non-hydrogen) atoms. The highest BCUT2D eigenvalue weighted by Crippen LogP contribution is 2.32. The number of nitrogens with zero attached hydrogens (tertiary/aromatic N) is 2. The lowest BCUT2D eigenvalue weighted by molar-refractivity contribution is -0.118. The number of H-pyrrole nitrogens is 1. The fourth-order valence-corrected chi connectivity index (χ4v) is 6.79. The van der Waals surface area contributed by atoms with Crippen molar-refractivity contribution in [2.45, 2.75) is 56.0 Å². The molecule has 0 aliphatic carbocycles. The first-order valence-corrected chi connectivity index (χ1v) is 16.3. The van der Waals surface area contributed by atoms with Gasteiger partial charge in [-0.2, -0.15) is 0 Å². The smallest absolute Gasteiger partial charge is 0.318 e. The van der Waals surface area contributed by atoms with Gasteiger partial charge in [-0.3, -0.25) is 4.79 Å². The Bertz CT molecular complexity index is 1570. The molecule has 1 fully saturated rings. The number of nitrogens with one attached hydrogen (secondary N) is 3. The number of likely N-dealkylation sites (tertiary alicyclic amines) is 1. The van der Waals surface area contributed by atoms with Crippen molar-refractivity contribution < 1.29 is 9.59 Å². The summed E-state index contributed by atoms with van der Waals surface area (Å²) in [5.74, 6) is -0.0561. The van der Waals surface area contributed by atoms with Gasteiger partial charge in [0.1, 0.15) is 6.04 Å². The van der Waals surface area contributed by atoms with Gasteiger partial charge < -0.3 is 25.4 Å². The van der Waals surface area contributed by atoms with Crippen molar-refractivity contribution in [3.63, 3.8) is 0 Å². The maximum atomic E-state index is 14.1. The minimum absolute atomic E-state index is 0.193. The van der Waals surface area contributed by atoms with E-state index in [9.17, 15) is 9.59 Å². The molecule has 1 aliphatic heterocycles. The Morgan fingerprint density at radius 3 is 2.49 bits per heavy atom. The Hall–Kier alpha value is -3.75. The molecule has 0 radical (unpaired) electrons. The number of carbonyl (C=O) groups excluding carboxylic acids is 2. The number of aryl methyl sites for hydroxylation is 1. The number of hydrogen-bond donors (Lipinski definition) is 3. The van der Waals surface area contributed by atoms with Crippen molar-refractivity contribution >= 4 is 40.3 Å². The maximum Gasteiger partial charge on any atom is 0.318 e. The number of urea groups is 1. The Labute approximate surface area is 259 Å². The molecule has 3 aromatic carbocycles. The van der Waals surface area contributed by atoms with Crippen LogP contribution in [0.15, 0.2) is 77.8 Å². The second-order valence-electron chi connectivity index (χ2n) is 11.9. The molecule has 2 heterocycles. The first kappa shape index (κ1) is 30.7. The number of aromatic nitrogens is 1. The highest BCUT2D eigenvalue weighted by Gasteiger charge is 2.33. The second kappa shape index (κ2) is 13.7. The highest BCUT2D eigenvalue weighted by atomic mass is 32.2. The van der Waals surface area contributed by atoms with Gasteiger partial charge in [0, 0.05) is 47.5 Å². The van der Waals surface area contributed by atoms with Crippen molar-refractivity contribution in [3.05, 3.63) is 95.2 Å². The summed E-state index contributed by atoms with van der Waals surface area (Å²) in [5, 5.41) is 7.40. The number of thioether (sulfide) groups is 1. The van der Waals surface area contributed by atoms with Crippen molar-refractivity contribution in [2.75, 3.05) is 38.8 Å². The molecule has 8 heteroatoms. The molecule has 5 rings (SSSR count). The Balaban J connectivity index is 1.37. The van der Waals surface area contributed by atoms with Crippen molar-refractivity contribution in [1.82, 2.24) is 20.1 Å². The van der Waals surface area contributed by atoms with Gasteiger partial charge in [0.15, 0.2) is 0 Å². The number of anilines is 1. The zero-order chi connectivity index (χ0) is 30.5. The molecular weight excluding hydrogens is 554 g/mol. The van der Waals surface area contributed by atoms with Crippen molar-refractivity contribution in [3.8, 4) is 0 Å². The predicted molar refractivity (Wildman–Crippen MR) is 178 cm³/mol. The van der Waals surface area contributed by atoms with Crippen LogP contribution in [0.3, 0.4) is 0 Å². The quantitative estimate of drug-likeness (QED) is 0.182. The summed E-state index contributed by atoms with van der Waals surface area (Å²) < 4.78 is 0. The van der Waals surface area contributed by atoms with Crippen LogP contribution in [0.25, 0.3) is 10.9 Å². The van der Waals surface area contributed by atoms with E-state index in [0.717, 1.165) is 52.0 Å². The first-order chi connectivity index (χ1) is 20.7. The second-order valence-corrected chi connectivity index (χ2v) is 12.7. The minimum atomic E-state index is -0.770. The summed E-state index contributed by atoms with van der Waals surface area (Å²) in [4.78, 5) is 36.1. The molecule has 0 spiro atoms. The van der Waals surface area contributed by atoms with E-state index in [1.807, 2.05) is 68.7 Å². The number of amides is 3. The third-order valence-corrected chi connectivity index (χ3v) is 9.40. The summed E-state index contributed by atoms with van der Waals surface area (Å²) in [6.07, 6.45) is 5.78. The van der Waals surface area contributed by atoms with E-state index in [4.69, 9.17) is 0 Å². The van der Waals surface area contributed by atoms with Crippen LogP contribution in [0.2, 0.25) is 0 Å². The lowest BCUT2D eigenvalue weighted by Crippen LogP contribution is -2.53. The standard InChI is InChI=1S/C35H43N5O2S/c1-23-10-6-7-11-27(23)26-16-18-40(19-17-26)35(42)38-33(24(2)29-21-36-30-13-9-8-12-28(29)30)34(41)37-31-20-25(22-39(3)4)14-15-32(31)43-5/h6-15,20-21,24,26,33,36H,16-19,22H2,1-5H3,(H,37,41)(H,38,42)/t24-,33+/m0/s1. The SMILES string of the molecule is CSc1ccc(CN(C)C)cc1NC(=O)[C@H](NC(=O)N1CCC(c2ccccc2C)CC1)[C@@H](C)c1c[nH]c2ccccc12. The van der Waals surface area contributed by atoms with E-state index in [1.165, 1.54) is 11.1 Å². The molecule has 0 saturated carbocycles. The third-order valence-electron chi connectivity index (χ3n) is 8.60. The molecular formula is C35H43N5O2S. The molecule has 4 aromatic rings. The van der Waals surface area contributed by atoms with Gasteiger partial charge in [0.2, 0.25) is 5.91 Å². The van der Waals surface area contributed by atoms with Crippen LogP contribution in [0.4, 0.5) is 10.5 Å².